The number of hydrogen-bond donors (Lipinski definition) is 2. The van der Waals surface area contributed by atoms with Gasteiger partial charge in [0.1, 0.15) is 12.4 Å². The van der Waals surface area contributed by atoms with Crippen molar-refractivity contribution in [3.63, 3.8) is 0 Å². The Bertz CT molecular complexity index is 545. The van der Waals surface area contributed by atoms with Gasteiger partial charge in [-0.1, -0.05) is 31.4 Å². The molecule has 0 bridgehead atoms. The van der Waals surface area contributed by atoms with E-state index in [0.717, 1.165) is 42.6 Å². The number of carbonyl (C=O) groups excluding carboxylic acids is 1. The third kappa shape index (κ3) is 6.49. The van der Waals surface area contributed by atoms with E-state index in [1.54, 1.807) is 0 Å². The summed E-state index contributed by atoms with van der Waals surface area (Å²) in [7, 11) is 0. The number of nitrogens with one attached hydrogen (secondary N) is 1. The molecule has 5 nitrogen and oxygen atoms in total. The Morgan fingerprint density at radius 3 is 2.64 bits per heavy atom. The van der Waals surface area contributed by atoms with Crippen LogP contribution in [0.5, 0.6) is 5.75 Å². The van der Waals surface area contributed by atoms with Gasteiger partial charge < -0.3 is 20.5 Å². The van der Waals surface area contributed by atoms with Crippen LogP contribution < -0.4 is 15.8 Å². The lowest BCUT2D eigenvalue weighted by Crippen LogP contribution is -2.54. The van der Waals surface area contributed by atoms with Gasteiger partial charge in [0, 0.05) is 18.7 Å². The highest BCUT2D eigenvalue weighted by Gasteiger charge is 2.34. The molecule has 0 radical (unpaired) electrons. The monoisotopic (exact) mass is 370 g/mol. The van der Waals surface area contributed by atoms with E-state index in [1.165, 1.54) is 6.42 Å². The van der Waals surface area contributed by atoms with E-state index in [0.29, 0.717) is 26.4 Å². The van der Waals surface area contributed by atoms with Gasteiger partial charge >= 0.3 is 0 Å². The lowest BCUT2D eigenvalue weighted by molar-refractivity contribution is -0.127. The second kappa shape index (κ2) is 10.6. The fourth-order valence-corrected chi connectivity index (χ4v) is 3.06. The number of benzene rings is 1. The zero-order valence-corrected chi connectivity index (χ0v) is 16.1. The van der Waals surface area contributed by atoms with Crippen molar-refractivity contribution in [3.05, 3.63) is 29.3 Å². The second-order valence-electron chi connectivity index (χ2n) is 6.56. The van der Waals surface area contributed by atoms with Gasteiger partial charge in [-0.2, -0.15) is 0 Å². The summed E-state index contributed by atoms with van der Waals surface area (Å²) in [5.41, 5.74) is 7.66. The highest BCUT2D eigenvalue weighted by atomic mass is 35.5. The summed E-state index contributed by atoms with van der Waals surface area (Å²) in [5, 5.41) is 3.00. The molecule has 0 aromatic heterocycles. The van der Waals surface area contributed by atoms with Gasteiger partial charge in [-0.05, 0) is 38.3 Å². The first kappa shape index (κ1) is 21.7. The summed E-state index contributed by atoms with van der Waals surface area (Å²) in [5.74, 6) is 0.743. The van der Waals surface area contributed by atoms with Crippen LogP contribution >= 0.6 is 12.4 Å². The molecule has 1 aromatic carbocycles. The number of halogens is 1. The zero-order valence-electron chi connectivity index (χ0n) is 15.3. The molecule has 0 atom stereocenters. The van der Waals surface area contributed by atoms with Gasteiger partial charge in [-0.3, -0.25) is 4.79 Å². The Morgan fingerprint density at radius 1 is 1.24 bits per heavy atom. The minimum Gasteiger partial charge on any atom is -0.491 e. The zero-order chi connectivity index (χ0) is 17.4. The molecule has 142 valence electrons. The Hall–Kier alpha value is -1.30. The largest absolute Gasteiger partial charge is 0.491 e. The maximum atomic E-state index is 12.5. The number of aryl methyl sites for hydroxylation is 1. The van der Waals surface area contributed by atoms with Crippen LogP contribution in [0.4, 0.5) is 0 Å². The van der Waals surface area contributed by atoms with Crippen molar-refractivity contribution in [2.75, 3.05) is 19.8 Å². The van der Waals surface area contributed by atoms with Gasteiger partial charge in [0.25, 0.3) is 0 Å². The van der Waals surface area contributed by atoms with Crippen molar-refractivity contribution >= 4 is 18.3 Å². The van der Waals surface area contributed by atoms with Gasteiger partial charge in [0.15, 0.2) is 0 Å². The van der Waals surface area contributed by atoms with Crippen molar-refractivity contribution in [3.8, 4) is 5.75 Å². The van der Waals surface area contributed by atoms with E-state index in [9.17, 15) is 4.79 Å². The van der Waals surface area contributed by atoms with Crippen molar-refractivity contribution in [1.82, 2.24) is 5.32 Å². The molecule has 25 heavy (non-hydrogen) atoms. The number of carbonyl (C=O) groups is 1. The van der Waals surface area contributed by atoms with Crippen LogP contribution in [0.25, 0.3) is 0 Å². The maximum absolute atomic E-state index is 12.5. The SMILES string of the molecule is CCOCCOc1cc(C)ccc1CNC(=O)C1(N)CCCCC1.Cl. The summed E-state index contributed by atoms with van der Waals surface area (Å²) in [6, 6.07) is 6.01. The molecule has 0 unspecified atom stereocenters. The molecular weight excluding hydrogens is 340 g/mol. The number of rotatable bonds is 8. The Labute approximate surface area is 157 Å². The van der Waals surface area contributed by atoms with E-state index in [2.05, 4.69) is 5.32 Å². The minimum atomic E-state index is -0.709. The smallest absolute Gasteiger partial charge is 0.240 e. The number of ether oxygens (including phenoxy) is 2. The molecule has 6 heteroatoms. The van der Waals surface area contributed by atoms with E-state index < -0.39 is 5.54 Å². The summed E-state index contributed by atoms with van der Waals surface area (Å²) in [4.78, 5) is 12.5. The third-order valence-corrected chi connectivity index (χ3v) is 4.55. The molecule has 2 rings (SSSR count). The van der Waals surface area contributed by atoms with Gasteiger partial charge in [0.2, 0.25) is 5.91 Å². The van der Waals surface area contributed by atoms with Crippen LogP contribution in [-0.4, -0.2) is 31.3 Å². The number of amides is 1. The maximum Gasteiger partial charge on any atom is 0.240 e. The molecule has 0 spiro atoms. The molecule has 1 amide bonds. The quantitative estimate of drug-likeness (QED) is 0.689. The molecule has 0 heterocycles. The van der Waals surface area contributed by atoms with Gasteiger partial charge in [-0.25, -0.2) is 0 Å². The van der Waals surface area contributed by atoms with E-state index in [4.69, 9.17) is 15.2 Å². The summed E-state index contributed by atoms with van der Waals surface area (Å²) in [6.45, 7) is 6.15. The van der Waals surface area contributed by atoms with Crippen LogP contribution in [0.15, 0.2) is 18.2 Å². The predicted molar refractivity (Wildman–Crippen MR) is 102 cm³/mol. The number of nitrogens with two attached hydrogens (primary N) is 1. The highest BCUT2D eigenvalue weighted by molar-refractivity contribution is 5.86. The van der Waals surface area contributed by atoms with Crippen LogP contribution in [-0.2, 0) is 16.1 Å². The first-order valence-electron chi connectivity index (χ1n) is 8.92. The summed E-state index contributed by atoms with van der Waals surface area (Å²) < 4.78 is 11.1. The molecule has 1 saturated carbocycles. The third-order valence-electron chi connectivity index (χ3n) is 4.55. The Kier molecular flexibility index (Phi) is 9.25. The first-order valence-corrected chi connectivity index (χ1v) is 8.92. The van der Waals surface area contributed by atoms with Crippen molar-refractivity contribution in [2.24, 2.45) is 5.73 Å². The fraction of sp³-hybridized carbons (Fsp3) is 0.632. The molecule has 0 aliphatic heterocycles. The molecule has 1 fully saturated rings. The molecule has 1 aliphatic carbocycles. The average molecular weight is 371 g/mol. The Balaban J connectivity index is 0.00000312. The van der Waals surface area contributed by atoms with Crippen molar-refractivity contribution in [2.45, 2.75) is 58.0 Å². The summed E-state index contributed by atoms with van der Waals surface area (Å²) in [6.07, 6.45) is 4.76. The molecule has 0 saturated heterocycles. The van der Waals surface area contributed by atoms with Gasteiger partial charge in [-0.15, -0.1) is 12.4 Å². The van der Waals surface area contributed by atoms with Crippen molar-refractivity contribution < 1.29 is 14.3 Å². The van der Waals surface area contributed by atoms with E-state index in [1.807, 2.05) is 32.0 Å². The topological polar surface area (TPSA) is 73.6 Å². The van der Waals surface area contributed by atoms with Crippen LogP contribution in [0.2, 0.25) is 0 Å². The van der Waals surface area contributed by atoms with Crippen LogP contribution in [0.1, 0.15) is 50.2 Å². The summed E-state index contributed by atoms with van der Waals surface area (Å²) >= 11 is 0. The van der Waals surface area contributed by atoms with Gasteiger partial charge in [0.05, 0.1) is 12.1 Å². The lowest BCUT2D eigenvalue weighted by atomic mass is 9.82. The average Bonchev–Trinajstić information content (AvgIpc) is 2.58. The van der Waals surface area contributed by atoms with E-state index in [-0.39, 0.29) is 18.3 Å². The van der Waals surface area contributed by atoms with E-state index >= 15 is 0 Å². The second-order valence-corrected chi connectivity index (χ2v) is 6.56. The standard InChI is InChI=1S/C19H30N2O3.ClH/c1-3-23-11-12-24-17-13-15(2)7-8-16(17)14-21-18(22)19(20)9-5-4-6-10-19;/h7-8,13H,3-6,9-12,14,20H2,1-2H3,(H,21,22);1H. The van der Waals surface area contributed by atoms with Crippen LogP contribution in [0.3, 0.4) is 0 Å². The van der Waals surface area contributed by atoms with Crippen LogP contribution in [0, 0.1) is 6.92 Å². The lowest BCUT2D eigenvalue weighted by Gasteiger charge is -2.31. The highest BCUT2D eigenvalue weighted by Crippen LogP contribution is 2.26. The molecule has 3 N–H and O–H groups in total. The molecule has 1 aromatic rings. The first-order chi connectivity index (χ1) is 11.5. The predicted octanol–water partition coefficient (Wildman–Crippen LogP) is 3.11. The fourth-order valence-electron chi connectivity index (χ4n) is 3.06. The minimum absolute atomic E-state index is 0. The normalized spacial score (nSPS) is 16.0. The molecular formula is C19H31ClN2O3. The van der Waals surface area contributed by atoms with Crippen molar-refractivity contribution in [1.29, 1.82) is 0 Å². The number of hydrogen-bond acceptors (Lipinski definition) is 4. The molecule has 1 aliphatic rings. The Morgan fingerprint density at radius 2 is 1.96 bits per heavy atom.